The molecule has 136 valence electrons. The van der Waals surface area contributed by atoms with Gasteiger partial charge < -0.3 is 15.7 Å². The summed E-state index contributed by atoms with van der Waals surface area (Å²) in [6.45, 7) is 1.57. The van der Waals surface area contributed by atoms with E-state index in [0.717, 1.165) is 25.7 Å². The zero-order chi connectivity index (χ0) is 18.2. The minimum atomic E-state index is -1.14. The fourth-order valence-electron chi connectivity index (χ4n) is 3.22. The van der Waals surface area contributed by atoms with E-state index in [9.17, 15) is 19.5 Å². The molecule has 0 aliphatic heterocycles. The van der Waals surface area contributed by atoms with Crippen molar-refractivity contribution in [3.63, 3.8) is 0 Å². The lowest BCUT2D eigenvalue weighted by Crippen LogP contribution is -2.47. The van der Waals surface area contributed by atoms with Crippen molar-refractivity contribution in [2.45, 2.75) is 57.5 Å². The van der Waals surface area contributed by atoms with Crippen LogP contribution in [0.15, 0.2) is 30.3 Å². The molecule has 2 amide bonds. The maximum atomic E-state index is 12.3. The summed E-state index contributed by atoms with van der Waals surface area (Å²) in [5.74, 6) is -1.41. The van der Waals surface area contributed by atoms with Gasteiger partial charge in [-0.2, -0.15) is 0 Å². The van der Waals surface area contributed by atoms with Gasteiger partial charge in [-0.05, 0) is 31.2 Å². The maximum Gasteiger partial charge on any atom is 0.330 e. The minimum Gasteiger partial charge on any atom is -0.479 e. The molecule has 3 N–H and O–H groups in total. The molecule has 1 aromatic rings. The van der Waals surface area contributed by atoms with Crippen molar-refractivity contribution in [3.8, 4) is 0 Å². The van der Waals surface area contributed by atoms with Gasteiger partial charge >= 0.3 is 5.97 Å². The number of carbonyl (C=O) groups is 3. The second kappa shape index (κ2) is 9.20. The molecule has 2 atom stereocenters. The van der Waals surface area contributed by atoms with Crippen LogP contribution in [0.5, 0.6) is 0 Å². The van der Waals surface area contributed by atoms with Crippen molar-refractivity contribution in [3.05, 3.63) is 35.9 Å². The number of hydrogen-bond donors (Lipinski definition) is 3. The van der Waals surface area contributed by atoms with Gasteiger partial charge in [-0.25, -0.2) is 4.79 Å². The predicted octanol–water partition coefficient (Wildman–Crippen LogP) is 2.40. The fourth-order valence-corrected chi connectivity index (χ4v) is 3.22. The van der Waals surface area contributed by atoms with Crippen LogP contribution in [-0.4, -0.2) is 28.9 Å². The zero-order valence-electron chi connectivity index (χ0n) is 14.5. The number of carboxylic acid groups (broad SMARTS) is 1. The molecule has 25 heavy (non-hydrogen) atoms. The molecular weight excluding hydrogens is 320 g/mol. The number of carbonyl (C=O) groups excluding carboxylic acids is 2. The first kappa shape index (κ1) is 19.0. The van der Waals surface area contributed by atoms with Crippen LogP contribution < -0.4 is 10.6 Å². The van der Waals surface area contributed by atoms with Gasteiger partial charge in [-0.15, -0.1) is 0 Å². The van der Waals surface area contributed by atoms with Crippen LogP contribution in [0.4, 0.5) is 0 Å². The van der Waals surface area contributed by atoms with Gasteiger partial charge in [0.05, 0.1) is 0 Å². The molecule has 1 aliphatic rings. The van der Waals surface area contributed by atoms with Crippen molar-refractivity contribution in [2.24, 2.45) is 5.92 Å². The molecule has 2 rings (SSSR count). The van der Waals surface area contributed by atoms with Gasteiger partial charge in [-0.1, -0.05) is 49.6 Å². The summed E-state index contributed by atoms with van der Waals surface area (Å²) in [6.07, 6.45) is 6.09. The Morgan fingerprint density at radius 1 is 1.08 bits per heavy atom. The third kappa shape index (κ3) is 5.89. The average Bonchev–Trinajstić information content (AvgIpc) is 2.60. The second-order valence-electron chi connectivity index (χ2n) is 6.69. The molecule has 1 saturated carbocycles. The topological polar surface area (TPSA) is 95.5 Å². The molecule has 0 spiro atoms. The lowest BCUT2D eigenvalue weighted by Gasteiger charge is -2.22. The smallest absolute Gasteiger partial charge is 0.330 e. The highest BCUT2D eigenvalue weighted by Gasteiger charge is 2.26. The van der Waals surface area contributed by atoms with Crippen LogP contribution in [0.2, 0.25) is 0 Å². The van der Waals surface area contributed by atoms with Crippen molar-refractivity contribution in [1.29, 1.82) is 0 Å². The fraction of sp³-hybridized carbons (Fsp3) is 0.526. The molecule has 0 radical (unpaired) electrons. The Labute approximate surface area is 148 Å². The van der Waals surface area contributed by atoms with Crippen LogP contribution in [0.25, 0.3) is 0 Å². The highest BCUT2D eigenvalue weighted by molar-refractivity contribution is 5.90. The highest BCUT2D eigenvalue weighted by Crippen LogP contribution is 2.26. The van der Waals surface area contributed by atoms with E-state index in [0.29, 0.717) is 17.9 Å². The van der Waals surface area contributed by atoms with Crippen LogP contribution in [0, 0.1) is 5.92 Å². The van der Waals surface area contributed by atoms with Gasteiger partial charge in [0.2, 0.25) is 11.8 Å². The average molecular weight is 346 g/mol. The summed E-state index contributed by atoms with van der Waals surface area (Å²) in [7, 11) is 0. The quantitative estimate of drug-likeness (QED) is 0.706. The SMILES string of the molecule is CC(NC(=O)CC1CCCCC1)C(=O)N[C@@H](C(=O)O)c1ccccc1. The molecule has 6 nitrogen and oxygen atoms in total. The summed E-state index contributed by atoms with van der Waals surface area (Å²) in [5, 5.41) is 14.5. The minimum absolute atomic E-state index is 0.152. The number of benzene rings is 1. The standard InChI is InChI=1S/C19H26N2O4/c1-13(20-16(22)12-14-8-4-2-5-9-14)18(23)21-17(19(24)25)15-10-6-3-7-11-15/h3,6-7,10-11,13-14,17H,2,4-5,8-9,12H2,1H3,(H,20,22)(H,21,23)(H,24,25)/t13?,17-/m1/s1. The normalized spacial score (nSPS) is 17.3. The second-order valence-corrected chi connectivity index (χ2v) is 6.69. The Morgan fingerprint density at radius 3 is 2.32 bits per heavy atom. The Morgan fingerprint density at radius 2 is 1.72 bits per heavy atom. The maximum absolute atomic E-state index is 12.3. The Balaban J connectivity index is 1.87. The van der Waals surface area contributed by atoms with Crippen molar-refractivity contribution >= 4 is 17.8 Å². The van der Waals surface area contributed by atoms with E-state index in [-0.39, 0.29) is 5.91 Å². The number of amides is 2. The lowest BCUT2D eigenvalue weighted by molar-refractivity contribution is -0.142. The third-order valence-electron chi connectivity index (χ3n) is 4.64. The molecule has 1 fully saturated rings. The number of carboxylic acids is 1. The molecule has 1 aliphatic carbocycles. The number of nitrogens with one attached hydrogen (secondary N) is 2. The molecule has 1 unspecified atom stereocenters. The molecule has 6 heteroatoms. The van der Waals surface area contributed by atoms with E-state index in [4.69, 9.17) is 0 Å². The number of aliphatic carboxylic acids is 1. The third-order valence-corrected chi connectivity index (χ3v) is 4.64. The number of rotatable bonds is 7. The first-order valence-electron chi connectivity index (χ1n) is 8.85. The molecule has 0 saturated heterocycles. The summed E-state index contributed by atoms with van der Waals surface area (Å²) in [6, 6.07) is 6.59. The van der Waals surface area contributed by atoms with Crippen LogP contribution >= 0.6 is 0 Å². The van der Waals surface area contributed by atoms with Gasteiger partial charge in [0.1, 0.15) is 6.04 Å². The van der Waals surface area contributed by atoms with Gasteiger partial charge in [0.15, 0.2) is 6.04 Å². The first-order chi connectivity index (χ1) is 12.0. The molecule has 0 heterocycles. The van der Waals surface area contributed by atoms with E-state index in [1.165, 1.54) is 6.42 Å². The Kier molecular flexibility index (Phi) is 6.98. The summed E-state index contributed by atoms with van der Waals surface area (Å²) in [4.78, 5) is 35.8. The van der Waals surface area contributed by atoms with E-state index in [1.807, 2.05) is 0 Å². The summed E-state index contributed by atoms with van der Waals surface area (Å²) in [5.41, 5.74) is 0.490. The van der Waals surface area contributed by atoms with Crippen LogP contribution in [-0.2, 0) is 14.4 Å². The summed E-state index contributed by atoms with van der Waals surface area (Å²) >= 11 is 0. The Bertz CT molecular complexity index is 597. The van der Waals surface area contributed by atoms with Crippen molar-refractivity contribution < 1.29 is 19.5 Å². The monoisotopic (exact) mass is 346 g/mol. The van der Waals surface area contributed by atoms with Gasteiger partial charge in [-0.3, -0.25) is 9.59 Å². The van der Waals surface area contributed by atoms with E-state index in [1.54, 1.807) is 37.3 Å². The Hall–Kier alpha value is -2.37. The zero-order valence-corrected chi connectivity index (χ0v) is 14.5. The van der Waals surface area contributed by atoms with Crippen LogP contribution in [0.1, 0.15) is 57.1 Å². The van der Waals surface area contributed by atoms with E-state index in [2.05, 4.69) is 10.6 Å². The molecule has 1 aromatic carbocycles. The first-order valence-corrected chi connectivity index (χ1v) is 8.85. The van der Waals surface area contributed by atoms with Crippen LogP contribution in [0.3, 0.4) is 0 Å². The van der Waals surface area contributed by atoms with E-state index >= 15 is 0 Å². The van der Waals surface area contributed by atoms with Crippen molar-refractivity contribution in [2.75, 3.05) is 0 Å². The lowest BCUT2D eigenvalue weighted by atomic mass is 9.87. The molecular formula is C19H26N2O4. The largest absolute Gasteiger partial charge is 0.479 e. The van der Waals surface area contributed by atoms with E-state index < -0.39 is 24.0 Å². The summed E-state index contributed by atoms with van der Waals surface area (Å²) < 4.78 is 0. The molecule has 0 aromatic heterocycles. The predicted molar refractivity (Wildman–Crippen MR) is 93.8 cm³/mol. The van der Waals surface area contributed by atoms with Gasteiger partial charge in [0, 0.05) is 6.42 Å². The molecule has 0 bridgehead atoms. The highest BCUT2D eigenvalue weighted by atomic mass is 16.4. The van der Waals surface area contributed by atoms with Gasteiger partial charge in [0.25, 0.3) is 0 Å². The number of hydrogen-bond acceptors (Lipinski definition) is 3. The van der Waals surface area contributed by atoms with Crippen molar-refractivity contribution in [1.82, 2.24) is 10.6 Å².